The van der Waals surface area contributed by atoms with E-state index in [0.717, 1.165) is 11.3 Å². The van der Waals surface area contributed by atoms with Gasteiger partial charge in [0, 0.05) is 6.42 Å². The van der Waals surface area contributed by atoms with Crippen LogP contribution in [-0.4, -0.2) is 27.1 Å². The number of aryl methyl sites for hydroxylation is 2. The molecule has 14 heavy (non-hydrogen) atoms. The number of carboxylic acid groups (broad SMARTS) is 2. The molecule has 0 aliphatic carbocycles. The van der Waals surface area contributed by atoms with Crippen molar-refractivity contribution in [2.45, 2.75) is 19.8 Å². The second-order valence-electron chi connectivity index (χ2n) is 2.71. The zero-order valence-electron chi connectivity index (χ0n) is 7.48. The van der Waals surface area contributed by atoms with E-state index in [1.807, 2.05) is 0 Å². The first kappa shape index (κ1) is 10.6. The van der Waals surface area contributed by atoms with E-state index >= 15 is 0 Å². The van der Waals surface area contributed by atoms with E-state index in [1.165, 1.54) is 0 Å². The second kappa shape index (κ2) is 4.19. The maximum atomic E-state index is 10.7. The molecule has 0 unspecified atom stereocenters. The maximum absolute atomic E-state index is 10.7. The molecule has 1 rings (SSSR count). The fraction of sp³-hybridized carbons (Fsp3) is 0.375. The van der Waals surface area contributed by atoms with Crippen LogP contribution in [-0.2, 0) is 11.2 Å². The van der Waals surface area contributed by atoms with Crippen LogP contribution >= 0.6 is 11.3 Å². The fourth-order valence-corrected chi connectivity index (χ4v) is 1.84. The molecule has 0 spiro atoms. The molecule has 0 saturated heterocycles. The number of rotatable bonds is 4. The van der Waals surface area contributed by atoms with Crippen molar-refractivity contribution in [1.82, 2.24) is 4.98 Å². The van der Waals surface area contributed by atoms with Crippen molar-refractivity contribution in [2.75, 3.05) is 0 Å². The zero-order chi connectivity index (χ0) is 10.7. The Labute approximate surface area is 84.0 Å². The van der Waals surface area contributed by atoms with Gasteiger partial charge in [0.2, 0.25) is 0 Å². The van der Waals surface area contributed by atoms with Crippen molar-refractivity contribution in [2.24, 2.45) is 0 Å². The SMILES string of the molecule is Cc1nc(CCC(=O)O)c(C(=O)O)s1. The molecule has 0 aromatic carbocycles. The minimum Gasteiger partial charge on any atom is -0.481 e. The van der Waals surface area contributed by atoms with Crippen molar-refractivity contribution in [1.29, 1.82) is 0 Å². The van der Waals surface area contributed by atoms with Gasteiger partial charge in [-0.3, -0.25) is 4.79 Å². The summed E-state index contributed by atoms with van der Waals surface area (Å²) in [6, 6.07) is 0. The third kappa shape index (κ3) is 2.53. The largest absolute Gasteiger partial charge is 0.481 e. The predicted octanol–water partition coefficient (Wildman–Crippen LogP) is 1.17. The summed E-state index contributed by atoms with van der Waals surface area (Å²) in [5, 5.41) is 17.8. The molecule has 0 aliphatic heterocycles. The first-order valence-corrected chi connectivity index (χ1v) is 4.73. The number of aromatic nitrogens is 1. The van der Waals surface area contributed by atoms with E-state index in [2.05, 4.69) is 4.98 Å². The predicted molar refractivity (Wildman–Crippen MR) is 49.8 cm³/mol. The lowest BCUT2D eigenvalue weighted by atomic mass is 10.2. The van der Waals surface area contributed by atoms with Crippen LogP contribution in [0.5, 0.6) is 0 Å². The highest BCUT2D eigenvalue weighted by molar-refractivity contribution is 7.13. The molecule has 0 atom stereocenters. The molecule has 5 nitrogen and oxygen atoms in total. The van der Waals surface area contributed by atoms with Gasteiger partial charge in [0.15, 0.2) is 0 Å². The minimum atomic E-state index is -1.05. The quantitative estimate of drug-likeness (QED) is 0.787. The third-order valence-electron chi connectivity index (χ3n) is 1.57. The van der Waals surface area contributed by atoms with Gasteiger partial charge in [-0.2, -0.15) is 0 Å². The van der Waals surface area contributed by atoms with Gasteiger partial charge in [-0.25, -0.2) is 9.78 Å². The molecule has 1 aromatic rings. The highest BCUT2D eigenvalue weighted by atomic mass is 32.1. The Morgan fingerprint density at radius 2 is 2.07 bits per heavy atom. The van der Waals surface area contributed by atoms with Crippen LogP contribution in [0.15, 0.2) is 0 Å². The highest BCUT2D eigenvalue weighted by Gasteiger charge is 2.16. The van der Waals surface area contributed by atoms with E-state index in [0.29, 0.717) is 10.7 Å². The molecule has 76 valence electrons. The normalized spacial score (nSPS) is 10.1. The summed E-state index contributed by atoms with van der Waals surface area (Å²) in [6.07, 6.45) is 0.0742. The Bertz CT molecular complexity index is 371. The van der Waals surface area contributed by atoms with Gasteiger partial charge >= 0.3 is 11.9 Å². The number of aromatic carboxylic acids is 1. The second-order valence-corrected chi connectivity index (χ2v) is 3.91. The van der Waals surface area contributed by atoms with Gasteiger partial charge in [0.1, 0.15) is 4.88 Å². The molecule has 0 bridgehead atoms. The number of carbonyl (C=O) groups is 2. The van der Waals surface area contributed by atoms with Gasteiger partial charge < -0.3 is 10.2 Å². The molecule has 1 heterocycles. The monoisotopic (exact) mass is 215 g/mol. The van der Waals surface area contributed by atoms with Gasteiger partial charge in [0.05, 0.1) is 17.1 Å². The molecular formula is C8H9NO4S. The molecule has 6 heteroatoms. The number of aliphatic carboxylic acids is 1. The Morgan fingerprint density at radius 3 is 2.57 bits per heavy atom. The Morgan fingerprint density at radius 1 is 1.43 bits per heavy atom. The lowest BCUT2D eigenvalue weighted by Gasteiger charge is -1.94. The van der Waals surface area contributed by atoms with E-state index < -0.39 is 11.9 Å². The Balaban J connectivity index is 2.84. The van der Waals surface area contributed by atoms with E-state index in [4.69, 9.17) is 10.2 Å². The zero-order valence-corrected chi connectivity index (χ0v) is 8.30. The first-order chi connectivity index (χ1) is 6.50. The number of nitrogens with zero attached hydrogens (tertiary/aromatic N) is 1. The van der Waals surface area contributed by atoms with Crippen molar-refractivity contribution < 1.29 is 19.8 Å². The van der Waals surface area contributed by atoms with E-state index in [-0.39, 0.29) is 17.7 Å². The lowest BCUT2D eigenvalue weighted by molar-refractivity contribution is -0.136. The van der Waals surface area contributed by atoms with Gasteiger partial charge in [-0.05, 0) is 6.92 Å². The van der Waals surface area contributed by atoms with Crippen LogP contribution < -0.4 is 0 Å². The molecular weight excluding hydrogens is 206 g/mol. The van der Waals surface area contributed by atoms with Gasteiger partial charge in [-0.15, -0.1) is 11.3 Å². The van der Waals surface area contributed by atoms with Crippen molar-refractivity contribution >= 4 is 23.3 Å². The summed E-state index contributed by atoms with van der Waals surface area (Å²) in [5.74, 6) is -2.00. The van der Waals surface area contributed by atoms with Crippen LogP contribution in [0.4, 0.5) is 0 Å². The average Bonchev–Trinajstić information content (AvgIpc) is 2.43. The Hall–Kier alpha value is -1.43. The molecule has 0 amide bonds. The minimum absolute atomic E-state index is 0.0938. The number of hydrogen-bond donors (Lipinski definition) is 2. The van der Waals surface area contributed by atoms with Crippen LogP contribution in [0, 0.1) is 6.92 Å². The summed E-state index contributed by atoms with van der Waals surface area (Å²) in [5.41, 5.74) is 0.363. The number of hydrogen-bond acceptors (Lipinski definition) is 4. The molecule has 0 aliphatic rings. The standard InChI is InChI=1S/C8H9NO4S/c1-4-9-5(2-3-6(10)11)7(14-4)8(12)13/h2-3H2,1H3,(H,10,11)(H,12,13). The van der Waals surface area contributed by atoms with Crippen LogP contribution in [0.2, 0.25) is 0 Å². The van der Waals surface area contributed by atoms with E-state index in [9.17, 15) is 9.59 Å². The summed E-state index contributed by atoms with van der Waals surface area (Å²) in [7, 11) is 0. The molecule has 0 saturated carbocycles. The molecule has 0 radical (unpaired) electrons. The highest BCUT2D eigenvalue weighted by Crippen LogP contribution is 2.19. The molecule has 2 N–H and O–H groups in total. The number of carboxylic acids is 2. The molecule has 1 aromatic heterocycles. The van der Waals surface area contributed by atoms with Crippen molar-refractivity contribution in [3.8, 4) is 0 Å². The summed E-state index contributed by atoms with van der Waals surface area (Å²) < 4.78 is 0. The fourth-order valence-electron chi connectivity index (χ4n) is 1.03. The van der Waals surface area contributed by atoms with Crippen molar-refractivity contribution in [3.05, 3.63) is 15.6 Å². The molecule has 0 fully saturated rings. The van der Waals surface area contributed by atoms with Crippen molar-refractivity contribution in [3.63, 3.8) is 0 Å². The smallest absolute Gasteiger partial charge is 0.347 e. The van der Waals surface area contributed by atoms with Gasteiger partial charge in [-0.1, -0.05) is 0 Å². The summed E-state index contributed by atoms with van der Waals surface area (Å²) in [6.45, 7) is 1.70. The lowest BCUT2D eigenvalue weighted by Crippen LogP contribution is -2.03. The third-order valence-corrected chi connectivity index (χ3v) is 2.58. The summed E-state index contributed by atoms with van der Waals surface area (Å²) in [4.78, 5) is 25.1. The average molecular weight is 215 g/mol. The summed E-state index contributed by atoms with van der Waals surface area (Å²) >= 11 is 1.07. The topological polar surface area (TPSA) is 87.5 Å². The van der Waals surface area contributed by atoms with Crippen LogP contribution in [0.1, 0.15) is 26.8 Å². The van der Waals surface area contributed by atoms with Crippen LogP contribution in [0.25, 0.3) is 0 Å². The van der Waals surface area contributed by atoms with Crippen LogP contribution in [0.3, 0.4) is 0 Å². The maximum Gasteiger partial charge on any atom is 0.347 e. The Kier molecular flexibility index (Phi) is 3.19. The van der Waals surface area contributed by atoms with Gasteiger partial charge in [0.25, 0.3) is 0 Å². The van der Waals surface area contributed by atoms with E-state index in [1.54, 1.807) is 6.92 Å². The number of thiazole rings is 1. The first-order valence-electron chi connectivity index (χ1n) is 3.92.